The number of aromatic nitrogens is 1. The van der Waals surface area contributed by atoms with Crippen LogP contribution in [0.1, 0.15) is 0 Å². The number of fused-ring (bicyclic) bond motifs is 2. The number of benzene rings is 2. The van der Waals surface area contributed by atoms with Crippen molar-refractivity contribution in [3.8, 4) is 11.6 Å². The lowest BCUT2D eigenvalue weighted by Gasteiger charge is -2.12. The van der Waals surface area contributed by atoms with Gasteiger partial charge in [-0.05, 0) is 30.3 Å². The first-order chi connectivity index (χ1) is 10.1. The number of phenolic OH excluding ortho intramolecular Hbond substituents is 1. The molecule has 6 heteroatoms. The average molecular weight is 282 g/mol. The van der Waals surface area contributed by atoms with E-state index in [1.165, 1.54) is 24.4 Å². The Labute approximate surface area is 117 Å². The Bertz CT molecular complexity index is 1090. The van der Waals surface area contributed by atoms with Crippen LogP contribution in [0, 0.1) is 0 Å². The van der Waals surface area contributed by atoms with Crippen molar-refractivity contribution in [2.75, 3.05) is 5.84 Å². The van der Waals surface area contributed by atoms with Crippen molar-refractivity contribution < 1.29 is 14.6 Å². The normalized spacial score (nSPS) is 11.6. The predicted molar refractivity (Wildman–Crippen MR) is 79.0 cm³/mol. The van der Waals surface area contributed by atoms with Crippen LogP contribution in [-0.2, 0) is 0 Å². The van der Waals surface area contributed by atoms with Gasteiger partial charge in [0, 0.05) is 22.4 Å². The summed E-state index contributed by atoms with van der Waals surface area (Å²) in [5, 5.41) is 21.5. The number of aromatic hydroxyl groups is 2. The Hall–Kier alpha value is -3.15. The van der Waals surface area contributed by atoms with Crippen LogP contribution in [0.3, 0.4) is 0 Å². The summed E-state index contributed by atoms with van der Waals surface area (Å²) in [5.41, 5.74) is 0.666. The first-order valence-corrected chi connectivity index (χ1v) is 6.24. The minimum Gasteiger partial charge on any atom is -0.508 e. The van der Waals surface area contributed by atoms with E-state index < -0.39 is 0 Å². The topological polar surface area (TPSA) is 102 Å². The molecule has 0 bridgehead atoms. The van der Waals surface area contributed by atoms with E-state index >= 15 is 0 Å². The highest BCUT2D eigenvalue weighted by atomic mass is 16.3. The Balaban J connectivity index is 2.44. The highest BCUT2D eigenvalue weighted by Crippen LogP contribution is 2.36. The van der Waals surface area contributed by atoms with Gasteiger partial charge in [0.15, 0.2) is 5.43 Å². The van der Waals surface area contributed by atoms with Gasteiger partial charge in [0.1, 0.15) is 16.9 Å². The fourth-order valence-electron chi connectivity index (χ4n) is 2.67. The van der Waals surface area contributed by atoms with Crippen LogP contribution in [-0.4, -0.2) is 14.9 Å². The zero-order chi connectivity index (χ0) is 14.7. The van der Waals surface area contributed by atoms with Gasteiger partial charge in [-0.15, -0.1) is 0 Å². The van der Waals surface area contributed by atoms with E-state index in [4.69, 9.17) is 10.3 Å². The average Bonchev–Trinajstić information content (AvgIpc) is 2.46. The fraction of sp³-hybridized carbons (Fsp3) is 0. The number of nitrogens with zero attached hydrogens (tertiary/aromatic N) is 1. The third-order valence-corrected chi connectivity index (χ3v) is 3.61. The van der Waals surface area contributed by atoms with Crippen LogP contribution in [0.15, 0.2) is 45.7 Å². The summed E-state index contributed by atoms with van der Waals surface area (Å²) in [6.07, 6.45) is 1.50. The summed E-state index contributed by atoms with van der Waals surface area (Å²) in [6, 6.07) is 7.57. The fourth-order valence-corrected chi connectivity index (χ4v) is 2.67. The molecule has 0 fully saturated rings. The lowest BCUT2D eigenvalue weighted by Crippen LogP contribution is -2.12. The first kappa shape index (κ1) is 11.7. The van der Waals surface area contributed by atoms with Gasteiger partial charge in [-0.2, -0.15) is 0 Å². The molecule has 0 saturated heterocycles. The Morgan fingerprint density at radius 1 is 1.00 bits per heavy atom. The molecule has 4 rings (SSSR count). The molecular formula is C15H10N2O4. The largest absolute Gasteiger partial charge is 0.508 e. The first-order valence-electron chi connectivity index (χ1n) is 6.24. The summed E-state index contributed by atoms with van der Waals surface area (Å²) in [7, 11) is 0. The molecule has 2 heterocycles. The molecule has 6 nitrogen and oxygen atoms in total. The lowest BCUT2D eigenvalue weighted by molar-refractivity contribution is 0.440. The summed E-state index contributed by atoms with van der Waals surface area (Å²) in [6.45, 7) is 0. The number of nitrogens with two attached hydrogens (primary N) is 1. The SMILES string of the molecule is Nn1cc2c3cc(O)ccc3oc3ccc(=O)c(c1O)c32. The number of nitrogen functional groups attached to an aromatic ring is 1. The molecule has 0 aliphatic heterocycles. The number of rotatable bonds is 0. The minimum atomic E-state index is -0.348. The maximum Gasteiger partial charge on any atom is 0.221 e. The van der Waals surface area contributed by atoms with E-state index in [1.807, 2.05) is 0 Å². The smallest absolute Gasteiger partial charge is 0.221 e. The Morgan fingerprint density at radius 3 is 2.57 bits per heavy atom. The molecule has 104 valence electrons. The third kappa shape index (κ3) is 1.44. The van der Waals surface area contributed by atoms with E-state index in [0.717, 1.165) is 4.68 Å². The number of hydrogen-bond donors (Lipinski definition) is 3. The molecule has 4 aromatic rings. The highest BCUT2D eigenvalue weighted by molar-refractivity contribution is 6.18. The lowest BCUT2D eigenvalue weighted by atomic mass is 10.0. The molecule has 0 unspecified atom stereocenters. The van der Waals surface area contributed by atoms with Crippen LogP contribution in [0.2, 0.25) is 0 Å². The summed E-state index contributed by atoms with van der Waals surface area (Å²) in [5.74, 6) is 5.47. The summed E-state index contributed by atoms with van der Waals surface area (Å²) >= 11 is 0. The van der Waals surface area contributed by atoms with Crippen molar-refractivity contribution in [3.05, 3.63) is 46.8 Å². The van der Waals surface area contributed by atoms with Gasteiger partial charge < -0.3 is 20.5 Å². The molecule has 0 saturated carbocycles. The van der Waals surface area contributed by atoms with Gasteiger partial charge in [-0.3, -0.25) is 4.79 Å². The zero-order valence-corrected chi connectivity index (χ0v) is 10.7. The molecule has 4 N–H and O–H groups in total. The van der Waals surface area contributed by atoms with E-state index in [-0.39, 0.29) is 22.4 Å². The number of hydrogen-bond acceptors (Lipinski definition) is 5. The number of phenols is 1. The van der Waals surface area contributed by atoms with Gasteiger partial charge in [-0.1, -0.05) is 0 Å². The molecule has 0 aliphatic carbocycles. The van der Waals surface area contributed by atoms with E-state index in [0.29, 0.717) is 27.3 Å². The maximum atomic E-state index is 12.0. The molecule has 21 heavy (non-hydrogen) atoms. The molecule has 0 radical (unpaired) electrons. The summed E-state index contributed by atoms with van der Waals surface area (Å²) in [4.78, 5) is 12.0. The van der Waals surface area contributed by atoms with Crippen LogP contribution >= 0.6 is 0 Å². The Kier molecular flexibility index (Phi) is 2.05. The van der Waals surface area contributed by atoms with E-state index in [2.05, 4.69) is 0 Å². The van der Waals surface area contributed by atoms with Crippen LogP contribution in [0.5, 0.6) is 11.6 Å². The third-order valence-electron chi connectivity index (χ3n) is 3.61. The minimum absolute atomic E-state index is 0.0730. The molecule has 2 aromatic carbocycles. The molecule has 0 spiro atoms. The van der Waals surface area contributed by atoms with Crippen LogP contribution < -0.4 is 11.3 Å². The molecule has 0 amide bonds. The second-order valence-corrected chi connectivity index (χ2v) is 4.87. The second kappa shape index (κ2) is 3.69. The molecule has 0 aliphatic rings. The van der Waals surface area contributed by atoms with Crippen molar-refractivity contribution in [2.24, 2.45) is 0 Å². The van der Waals surface area contributed by atoms with Gasteiger partial charge in [0.25, 0.3) is 0 Å². The molecular weight excluding hydrogens is 272 g/mol. The van der Waals surface area contributed by atoms with Crippen LogP contribution in [0.25, 0.3) is 32.7 Å². The Morgan fingerprint density at radius 2 is 1.76 bits per heavy atom. The quantitative estimate of drug-likeness (QED) is 0.260. The van der Waals surface area contributed by atoms with Gasteiger partial charge in [0.05, 0.1) is 5.39 Å². The highest BCUT2D eigenvalue weighted by Gasteiger charge is 2.16. The van der Waals surface area contributed by atoms with Gasteiger partial charge in [-0.25, -0.2) is 4.68 Å². The zero-order valence-electron chi connectivity index (χ0n) is 10.7. The second-order valence-electron chi connectivity index (χ2n) is 4.87. The summed E-state index contributed by atoms with van der Waals surface area (Å²) < 4.78 is 6.73. The van der Waals surface area contributed by atoms with Gasteiger partial charge >= 0.3 is 0 Å². The monoisotopic (exact) mass is 282 g/mol. The van der Waals surface area contributed by atoms with E-state index in [1.54, 1.807) is 12.1 Å². The van der Waals surface area contributed by atoms with Gasteiger partial charge in [0.2, 0.25) is 5.88 Å². The van der Waals surface area contributed by atoms with Crippen molar-refractivity contribution in [1.29, 1.82) is 0 Å². The predicted octanol–water partition coefficient (Wildman–Crippen LogP) is 2.03. The van der Waals surface area contributed by atoms with E-state index in [9.17, 15) is 15.0 Å². The van der Waals surface area contributed by atoms with Crippen molar-refractivity contribution in [2.45, 2.75) is 0 Å². The molecule has 2 aromatic heterocycles. The number of pyridine rings is 1. The van der Waals surface area contributed by atoms with Crippen LogP contribution in [0.4, 0.5) is 0 Å². The van der Waals surface area contributed by atoms with Crippen molar-refractivity contribution in [1.82, 2.24) is 4.68 Å². The maximum absolute atomic E-state index is 12.0. The van der Waals surface area contributed by atoms with Crippen molar-refractivity contribution >= 4 is 32.7 Å². The standard InChI is InChI=1S/C15H10N2O4/c16-17-6-9-8-5-7(18)1-3-11(8)21-12-4-2-10(19)14(13(9)12)15(17)20/h1-6,18,20H,16H2. The molecule has 0 atom stereocenters. The van der Waals surface area contributed by atoms with Crippen molar-refractivity contribution in [3.63, 3.8) is 0 Å².